The summed E-state index contributed by atoms with van der Waals surface area (Å²) in [6.07, 6.45) is -0.102. The Labute approximate surface area is 99.4 Å². The molecule has 0 amide bonds. The Bertz CT molecular complexity index is 475. The average molecular weight is 212 g/mol. The highest BCUT2D eigenvalue weighted by Crippen LogP contribution is 2.17. The molecule has 0 saturated heterocycles. The second-order valence-electron chi connectivity index (χ2n) is 3.56. The molecule has 0 radical (unpaired) electrons. The summed E-state index contributed by atoms with van der Waals surface area (Å²) in [5.74, 6) is -3.06. The highest BCUT2D eigenvalue weighted by atomic mass is 16.4. The third-order valence-corrected chi connectivity index (χ3v) is 2.29. The van der Waals surface area contributed by atoms with E-state index < -0.39 is 31.5 Å². The van der Waals surface area contributed by atoms with E-state index in [1.807, 2.05) is 0 Å². The summed E-state index contributed by atoms with van der Waals surface area (Å²) < 4.78 is 44.1. The second-order valence-corrected chi connectivity index (χ2v) is 3.56. The molecule has 1 atom stereocenters. The molecule has 1 N–H and O–H groups in total. The van der Waals surface area contributed by atoms with E-state index in [0.717, 1.165) is 0 Å². The van der Waals surface area contributed by atoms with Gasteiger partial charge in [-0.1, -0.05) is 38.0 Å². The monoisotopic (exact) mass is 212 g/mol. The second kappa shape index (κ2) is 4.96. The molecule has 0 aromatic heterocycles. The predicted molar refractivity (Wildman–Crippen MR) is 61.0 cm³/mol. The summed E-state index contributed by atoms with van der Waals surface area (Å²) in [6.45, 7) is -3.60. The van der Waals surface area contributed by atoms with Crippen LogP contribution < -0.4 is 0 Å². The predicted octanol–water partition coefficient (Wildman–Crippen LogP) is 3.07. The maximum Gasteiger partial charge on any atom is 0.310 e. The fourth-order valence-electron chi connectivity index (χ4n) is 1.32. The van der Waals surface area contributed by atoms with Crippen LogP contribution in [0.4, 0.5) is 0 Å². The van der Waals surface area contributed by atoms with Gasteiger partial charge in [-0.05, 0) is 30.4 Å². The van der Waals surface area contributed by atoms with E-state index in [0.29, 0.717) is 11.1 Å². The molecule has 1 aromatic rings. The summed E-state index contributed by atoms with van der Waals surface area (Å²) in [7, 11) is 0. The summed E-state index contributed by atoms with van der Waals surface area (Å²) in [5, 5.41) is 8.91. The van der Waals surface area contributed by atoms with Crippen LogP contribution in [0.15, 0.2) is 24.3 Å². The Morgan fingerprint density at radius 2 is 2.00 bits per heavy atom. The third kappa shape index (κ3) is 3.39. The van der Waals surface area contributed by atoms with Crippen molar-refractivity contribution in [1.29, 1.82) is 0 Å². The summed E-state index contributed by atoms with van der Waals surface area (Å²) >= 11 is 0. The number of rotatable bonds is 4. The highest BCUT2D eigenvalue weighted by molar-refractivity contribution is 5.75. The van der Waals surface area contributed by atoms with Crippen molar-refractivity contribution in [1.82, 2.24) is 0 Å². The molecule has 2 nitrogen and oxygen atoms in total. The molecule has 82 valence electrons. The number of aliphatic carboxylic acids is 1. The van der Waals surface area contributed by atoms with Crippen molar-refractivity contribution < 1.29 is 18.1 Å². The number of carboxylic acids is 1. The van der Waals surface area contributed by atoms with Crippen molar-refractivity contribution in [2.75, 3.05) is 0 Å². The summed E-state index contributed by atoms with van der Waals surface area (Å²) in [6, 6.07) is 6.34. The van der Waals surface area contributed by atoms with Gasteiger partial charge in [-0.15, -0.1) is 0 Å². The molecule has 15 heavy (non-hydrogen) atoms. The van der Waals surface area contributed by atoms with E-state index in [-0.39, 0.29) is 6.42 Å². The Balaban J connectivity index is 2.94. The number of hydrogen-bond donors (Lipinski definition) is 1. The first-order valence-corrected chi connectivity index (χ1v) is 4.74. The van der Waals surface area contributed by atoms with Gasteiger partial charge in [0.15, 0.2) is 0 Å². The molecule has 0 aliphatic rings. The van der Waals surface area contributed by atoms with Gasteiger partial charge in [0.2, 0.25) is 0 Å². The SMILES string of the molecule is [2H]C([2H])([2H])C(Cc1ccc(C(C)C(=O)O)cc1)C([2H])([2H])[2H]. The van der Waals surface area contributed by atoms with Gasteiger partial charge in [-0.2, -0.15) is 0 Å². The lowest BCUT2D eigenvalue weighted by atomic mass is 9.97. The minimum atomic E-state index is -2.57. The molecule has 0 bridgehead atoms. The zero-order valence-corrected chi connectivity index (χ0v) is 8.53. The highest BCUT2D eigenvalue weighted by Gasteiger charge is 2.12. The first-order valence-electron chi connectivity index (χ1n) is 7.74. The lowest BCUT2D eigenvalue weighted by Gasteiger charge is -2.09. The molecule has 0 saturated carbocycles. The van der Waals surface area contributed by atoms with Gasteiger partial charge >= 0.3 is 5.97 Å². The molecule has 0 heterocycles. The van der Waals surface area contributed by atoms with E-state index in [4.69, 9.17) is 13.3 Å². The van der Waals surface area contributed by atoms with Crippen LogP contribution >= 0.6 is 0 Å². The summed E-state index contributed by atoms with van der Waals surface area (Å²) in [5.41, 5.74) is 1.15. The largest absolute Gasteiger partial charge is 0.481 e. The van der Waals surface area contributed by atoms with E-state index in [9.17, 15) is 4.79 Å². The third-order valence-electron chi connectivity index (χ3n) is 2.29. The lowest BCUT2D eigenvalue weighted by Crippen LogP contribution is -2.07. The minimum Gasteiger partial charge on any atom is -0.481 e. The standard InChI is InChI=1S/C13H18O2/c1-9(2)8-11-4-6-12(7-5-11)10(3)13(14)15/h4-7,9-10H,8H2,1-3H3,(H,14,15)/i1D3,2D3. The van der Waals surface area contributed by atoms with Gasteiger partial charge in [-0.3, -0.25) is 4.79 Å². The quantitative estimate of drug-likeness (QED) is 0.832. The summed E-state index contributed by atoms with van der Waals surface area (Å²) in [4.78, 5) is 10.9. The maximum absolute atomic E-state index is 10.9. The van der Waals surface area contributed by atoms with Crippen LogP contribution in [0.5, 0.6) is 0 Å². The number of benzene rings is 1. The lowest BCUT2D eigenvalue weighted by molar-refractivity contribution is -0.138. The van der Waals surface area contributed by atoms with Crippen LogP contribution in [0.2, 0.25) is 0 Å². The van der Waals surface area contributed by atoms with Gasteiger partial charge in [0.25, 0.3) is 0 Å². The maximum atomic E-state index is 10.9. The number of carboxylic acid groups (broad SMARTS) is 1. The first kappa shape index (κ1) is 5.69. The molecule has 1 unspecified atom stereocenters. The zero-order valence-electron chi connectivity index (χ0n) is 14.5. The molecule has 1 rings (SSSR count). The molecular weight excluding hydrogens is 188 g/mol. The van der Waals surface area contributed by atoms with Crippen LogP contribution in [0, 0.1) is 5.92 Å². The number of hydrogen-bond acceptors (Lipinski definition) is 1. The average Bonchev–Trinajstić information content (AvgIpc) is 2.33. The zero-order chi connectivity index (χ0) is 16.4. The number of carbonyl (C=O) groups is 1. The Hall–Kier alpha value is -1.31. The Morgan fingerprint density at radius 1 is 1.40 bits per heavy atom. The van der Waals surface area contributed by atoms with Crippen molar-refractivity contribution in [2.24, 2.45) is 5.92 Å². The molecule has 0 spiro atoms. The Morgan fingerprint density at radius 3 is 2.47 bits per heavy atom. The van der Waals surface area contributed by atoms with E-state index in [1.54, 1.807) is 31.2 Å². The van der Waals surface area contributed by atoms with Gasteiger partial charge < -0.3 is 5.11 Å². The van der Waals surface area contributed by atoms with Crippen molar-refractivity contribution >= 4 is 5.97 Å². The van der Waals surface area contributed by atoms with Crippen molar-refractivity contribution in [2.45, 2.75) is 33.0 Å². The van der Waals surface area contributed by atoms with Crippen LogP contribution in [0.3, 0.4) is 0 Å². The normalized spacial score (nSPS) is 20.4. The topological polar surface area (TPSA) is 37.3 Å². The van der Waals surface area contributed by atoms with Crippen molar-refractivity contribution in [3.8, 4) is 0 Å². The molecule has 2 heteroatoms. The van der Waals surface area contributed by atoms with Gasteiger partial charge in [0.1, 0.15) is 0 Å². The molecule has 0 aliphatic carbocycles. The fourth-order valence-corrected chi connectivity index (χ4v) is 1.32. The van der Waals surface area contributed by atoms with Crippen LogP contribution in [0.1, 0.15) is 45.9 Å². The van der Waals surface area contributed by atoms with Gasteiger partial charge in [0.05, 0.1) is 5.92 Å². The minimum absolute atomic E-state index is 0.102. The first-order chi connectivity index (χ1) is 9.43. The van der Waals surface area contributed by atoms with Crippen LogP contribution in [-0.4, -0.2) is 11.1 Å². The van der Waals surface area contributed by atoms with Crippen LogP contribution in [0.25, 0.3) is 0 Å². The van der Waals surface area contributed by atoms with E-state index in [1.165, 1.54) is 0 Å². The van der Waals surface area contributed by atoms with Crippen molar-refractivity contribution in [3.05, 3.63) is 35.4 Å². The molecule has 1 aromatic carbocycles. The molecule has 0 aliphatic heterocycles. The van der Waals surface area contributed by atoms with Crippen LogP contribution in [-0.2, 0) is 11.2 Å². The van der Waals surface area contributed by atoms with Gasteiger partial charge in [0, 0.05) is 8.22 Å². The van der Waals surface area contributed by atoms with Gasteiger partial charge in [-0.25, -0.2) is 0 Å². The Kier molecular flexibility index (Phi) is 1.88. The van der Waals surface area contributed by atoms with Crippen molar-refractivity contribution in [3.63, 3.8) is 0 Å². The smallest absolute Gasteiger partial charge is 0.310 e. The van der Waals surface area contributed by atoms with E-state index in [2.05, 4.69) is 0 Å². The van der Waals surface area contributed by atoms with E-state index >= 15 is 0 Å². The molecule has 0 fully saturated rings. The fraction of sp³-hybridized carbons (Fsp3) is 0.462. The molecular formula is C13H18O2.